The van der Waals surface area contributed by atoms with E-state index in [0.717, 1.165) is 19.0 Å². The molecule has 3 nitrogen and oxygen atoms in total. The first-order chi connectivity index (χ1) is 11.4. The van der Waals surface area contributed by atoms with Crippen molar-refractivity contribution in [3.8, 4) is 0 Å². The summed E-state index contributed by atoms with van der Waals surface area (Å²) < 4.78 is 0. The number of piperidine rings is 1. The Kier molecular flexibility index (Phi) is 4.40. The minimum absolute atomic E-state index is 0.704. The standard InChI is InChI=1S/C20H25N3/c1-2-4-17(5-3-1)14-23-15-19-6-7-20(23)16-22(13-19)12-18-8-10-21-11-9-18/h1-5,8-11,19-20H,6-7,12-16H2/t19-,20+/m1/s1. The minimum atomic E-state index is 0.704. The van der Waals surface area contributed by atoms with Crippen molar-refractivity contribution in [2.45, 2.75) is 32.0 Å². The Morgan fingerprint density at radius 1 is 0.826 bits per heavy atom. The van der Waals surface area contributed by atoms with Gasteiger partial charge >= 0.3 is 0 Å². The average Bonchev–Trinajstić information content (AvgIpc) is 2.87. The molecule has 3 saturated heterocycles. The Morgan fingerprint density at radius 2 is 1.61 bits per heavy atom. The van der Waals surface area contributed by atoms with Crippen LogP contribution in [-0.4, -0.2) is 40.5 Å². The van der Waals surface area contributed by atoms with E-state index in [9.17, 15) is 0 Å². The van der Waals surface area contributed by atoms with Crippen molar-refractivity contribution >= 4 is 0 Å². The van der Waals surface area contributed by atoms with E-state index in [1.54, 1.807) is 0 Å². The summed E-state index contributed by atoms with van der Waals surface area (Å²) in [5.41, 5.74) is 2.83. The van der Waals surface area contributed by atoms with Crippen LogP contribution in [0.3, 0.4) is 0 Å². The first-order valence-corrected chi connectivity index (χ1v) is 8.76. The van der Waals surface area contributed by atoms with E-state index in [0.29, 0.717) is 6.04 Å². The molecule has 0 saturated carbocycles. The molecule has 0 amide bonds. The SMILES string of the molecule is c1ccc(CN2C[C@@H]3CC[C@H]2CN(Cc2ccncc2)C3)cc1. The largest absolute Gasteiger partial charge is 0.297 e. The van der Waals surface area contributed by atoms with E-state index in [4.69, 9.17) is 0 Å². The molecule has 23 heavy (non-hydrogen) atoms. The molecule has 0 N–H and O–H groups in total. The highest BCUT2D eigenvalue weighted by atomic mass is 15.3. The Hall–Kier alpha value is -1.71. The molecule has 3 aliphatic heterocycles. The lowest BCUT2D eigenvalue weighted by atomic mass is 9.94. The minimum Gasteiger partial charge on any atom is -0.297 e. The number of nitrogens with zero attached hydrogens (tertiary/aromatic N) is 3. The van der Waals surface area contributed by atoms with E-state index >= 15 is 0 Å². The summed E-state index contributed by atoms with van der Waals surface area (Å²) in [6.45, 7) is 5.86. The van der Waals surface area contributed by atoms with Crippen LogP contribution in [0.1, 0.15) is 24.0 Å². The van der Waals surface area contributed by atoms with Crippen LogP contribution in [0.25, 0.3) is 0 Å². The molecule has 4 heterocycles. The van der Waals surface area contributed by atoms with Gasteiger partial charge in [-0.25, -0.2) is 0 Å². The van der Waals surface area contributed by atoms with Crippen LogP contribution >= 0.6 is 0 Å². The lowest BCUT2D eigenvalue weighted by molar-refractivity contribution is 0.123. The summed E-state index contributed by atoms with van der Waals surface area (Å²) in [6.07, 6.45) is 6.56. The third-order valence-corrected chi connectivity index (χ3v) is 5.29. The van der Waals surface area contributed by atoms with E-state index in [2.05, 4.69) is 57.2 Å². The van der Waals surface area contributed by atoms with Gasteiger partial charge in [-0.2, -0.15) is 0 Å². The van der Waals surface area contributed by atoms with Crippen LogP contribution in [0, 0.1) is 5.92 Å². The number of rotatable bonds is 4. The van der Waals surface area contributed by atoms with Crippen LogP contribution < -0.4 is 0 Å². The van der Waals surface area contributed by atoms with Crippen molar-refractivity contribution in [3.05, 3.63) is 66.0 Å². The van der Waals surface area contributed by atoms with Crippen molar-refractivity contribution in [2.24, 2.45) is 5.92 Å². The maximum atomic E-state index is 4.13. The molecule has 3 aliphatic rings. The van der Waals surface area contributed by atoms with Crippen LogP contribution in [0.5, 0.6) is 0 Å². The normalized spacial score (nSPS) is 25.4. The fourth-order valence-corrected chi connectivity index (χ4v) is 4.16. The molecule has 1 aromatic carbocycles. The molecular weight excluding hydrogens is 282 g/mol. The van der Waals surface area contributed by atoms with Gasteiger partial charge in [-0.15, -0.1) is 0 Å². The first-order valence-electron chi connectivity index (χ1n) is 8.76. The molecular formula is C20H25N3. The van der Waals surface area contributed by atoms with Gasteiger partial charge in [-0.3, -0.25) is 14.8 Å². The quantitative estimate of drug-likeness (QED) is 0.865. The van der Waals surface area contributed by atoms with Crippen molar-refractivity contribution in [1.29, 1.82) is 0 Å². The van der Waals surface area contributed by atoms with Crippen molar-refractivity contribution in [1.82, 2.24) is 14.8 Å². The van der Waals surface area contributed by atoms with Gasteiger partial charge in [-0.1, -0.05) is 30.3 Å². The Balaban J connectivity index is 1.44. The second-order valence-corrected chi connectivity index (χ2v) is 7.06. The van der Waals surface area contributed by atoms with Crippen LogP contribution in [0.4, 0.5) is 0 Å². The van der Waals surface area contributed by atoms with Gasteiger partial charge in [0.2, 0.25) is 0 Å². The molecule has 2 aromatic rings. The summed E-state index contributed by atoms with van der Waals surface area (Å²) in [6, 6.07) is 15.9. The molecule has 0 spiro atoms. The zero-order valence-electron chi connectivity index (χ0n) is 13.6. The summed E-state index contributed by atoms with van der Waals surface area (Å²) >= 11 is 0. The van der Waals surface area contributed by atoms with Crippen LogP contribution in [0.2, 0.25) is 0 Å². The predicted octanol–water partition coefficient (Wildman–Crippen LogP) is 3.18. The molecule has 120 valence electrons. The summed E-state index contributed by atoms with van der Waals surface area (Å²) in [7, 11) is 0. The average molecular weight is 307 g/mol. The monoisotopic (exact) mass is 307 g/mol. The molecule has 1 aromatic heterocycles. The number of benzene rings is 1. The molecule has 3 heteroatoms. The van der Waals surface area contributed by atoms with Crippen molar-refractivity contribution < 1.29 is 0 Å². The van der Waals surface area contributed by atoms with Gasteiger partial charge in [0.25, 0.3) is 0 Å². The molecule has 2 bridgehead atoms. The van der Waals surface area contributed by atoms with Crippen molar-refractivity contribution in [3.63, 3.8) is 0 Å². The second-order valence-electron chi connectivity index (χ2n) is 7.06. The van der Waals surface area contributed by atoms with Gasteiger partial charge in [0.15, 0.2) is 0 Å². The maximum absolute atomic E-state index is 4.13. The summed E-state index contributed by atoms with van der Waals surface area (Å²) in [5, 5.41) is 0. The second kappa shape index (κ2) is 6.81. The first kappa shape index (κ1) is 14.9. The Morgan fingerprint density at radius 3 is 2.43 bits per heavy atom. The fourth-order valence-electron chi connectivity index (χ4n) is 4.16. The lowest BCUT2D eigenvalue weighted by Crippen LogP contribution is -2.43. The molecule has 0 aliphatic carbocycles. The molecule has 2 atom stereocenters. The Bertz CT molecular complexity index is 611. The number of hydrogen-bond donors (Lipinski definition) is 0. The third-order valence-electron chi connectivity index (χ3n) is 5.29. The highest BCUT2D eigenvalue weighted by molar-refractivity contribution is 5.15. The summed E-state index contributed by atoms with van der Waals surface area (Å²) in [4.78, 5) is 9.51. The lowest BCUT2D eigenvalue weighted by Gasteiger charge is -2.36. The van der Waals surface area contributed by atoms with E-state index in [-0.39, 0.29) is 0 Å². The molecule has 5 rings (SSSR count). The van der Waals surface area contributed by atoms with E-state index in [1.165, 1.54) is 43.6 Å². The topological polar surface area (TPSA) is 19.4 Å². The number of fused-ring (bicyclic) bond motifs is 4. The highest BCUT2D eigenvalue weighted by Crippen LogP contribution is 2.29. The van der Waals surface area contributed by atoms with Gasteiger partial charge in [0, 0.05) is 51.2 Å². The van der Waals surface area contributed by atoms with Gasteiger partial charge in [0.1, 0.15) is 0 Å². The fraction of sp³-hybridized carbons (Fsp3) is 0.450. The van der Waals surface area contributed by atoms with E-state index in [1.807, 2.05) is 12.4 Å². The van der Waals surface area contributed by atoms with E-state index < -0.39 is 0 Å². The number of aromatic nitrogens is 1. The number of pyridine rings is 1. The predicted molar refractivity (Wildman–Crippen MR) is 92.9 cm³/mol. The zero-order chi connectivity index (χ0) is 15.5. The van der Waals surface area contributed by atoms with Gasteiger partial charge in [-0.05, 0) is 42.0 Å². The van der Waals surface area contributed by atoms with Crippen LogP contribution in [0.15, 0.2) is 54.9 Å². The highest BCUT2D eigenvalue weighted by Gasteiger charge is 2.34. The van der Waals surface area contributed by atoms with Crippen LogP contribution in [-0.2, 0) is 13.1 Å². The number of hydrogen-bond acceptors (Lipinski definition) is 3. The Labute approximate surface area is 139 Å². The van der Waals surface area contributed by atoms with Gasteiger partial charge < -0.3 is 0 Å². The molecule has 0 radical (unpaired) electrons. The van der Waals surface area contributed by atoms with Gasteiger partial charge in [0.05, 0.1) is 0 Å². The summed E-state index contributed by atoms with van der Waals surface area (Å²) in [5.74, 6) is 0.819. The van der Waals surface area contributed by atoms with Crippen molar-refractivity contribution in [2.75, 3.05) is 19.6 Å². The molecule has 3 fully saturated rings. The smallest absolute Gasteiger partial charge is 0.0271 e. The molecule has 0 unspecified atom stereocenters. The third kappa shape index (κ3) is 3.62. The zero-order valence-corrected chi connectivity index (χ0v) is 13.6. The maximum Gasteiger partial charge on any atom is 0.0271 e.